The number of benzene rings is 1. The molecule has 0 aliphatic carbocycles. The van der Waals surface area contributed by atoms with E-state index in [2.05, 4.69) is 42.0 Å². The Hall–Kier alpha value is -1.10. The van der Waals surface area contributed by atoms with Crippen LogP contribution in [0.4, 0.5) is 0 Å². The van der Waals surface area contributed by atoms with Crippen LogP contribution in [0.2, 0.25) is 0 Å². The summed E-state index contributed by atoms with van der Waals surface area (Å²) in [5.74, 6) is 0.970. The van der Waals surface area contributed by atoms with Gasteiger partial charge < -0.3 is 15.4 Å². The lowest BCUT2D eigenvalue weighted by Gasteiger charge is -2.32. The van der Waals surface area contributed by atoms with Gasteiger partial charge in [0.1, 0.15) is 12.4 Å². The number of hydrogen-bond acceptors (Lipinski definition) is 4. The Morgan fingerprint density at radius 1 is 1.21 bits per heavy atom. The van der Waals surface area contributed by atoms with E-state index in [1.807, 2.05) is 0 Å². The van der Waals surface area contributed by atoms with Gasteiger partial charge in [0.15, 0.2) is 0 Å². The molecule has 1 aliphatic rings. The van der Waals surface area contributed by atoms with E-state index in [0.29, 0.717) is 6.54 Å². The fourth-order valence-corrected chi connectivity index (χ4v) is 2.28. The third-order valence-corrected chi connectivity index (χ3v) is 3.75. The zero-order chi connectivity index (χ0) is 13.7. The molecular formula is C15H25N3O. The molecule has 0 saturated carbocycles. The Balaban J connectivity index is 1.79. The van der Waals surface area contributed by atoms with Crippen molar-refractivity contribution in [3.8, 4) is 5.75 Å². The summed E-state index contributed by atoms with van der Waals surface area (Å²) < 4.78 is 5.90. The van der Waals surface area contributed by atoms with E-state index >= 15 is 0 Å². The standard InChI is InChI=1S/C15H25N3O/c1-13-3-4-14(12-16)11-15(13)19-10-9-18-7-5-17(2)6-8-18/h3-4,11H,5-10,12,16H2,1-2H3. The van der Waals surface area contributed by atoms with Crippen molar-refractivity contribution < 1.29 is 4.74 Å². The Bertz CT molecular complexity index is 400. The predicted molar refractivity (Wildman–Crippen MR) is 78.5 cm³/mol. The van der Waals surface area contributed by atoms with Crippen molar-refractivity contribution in [1.29, 1.82) is 0 Å². The van der Waals surface area contributed by atoms with E-state index in [9.17, 15) is 0 Å². The molecule has 1 aromatic carbocycles. The number of rotatable bonds is 5. The van der Waals surface area contributed by atoms with Crippen molar-refractivity contribution in [2.45, 2.75) is 13.5 Å². The van der Waals surface area contributed by atoms with Crippen LogP contribution in [0, 0.1) is 6.92 Å². The van der Waals surface area contributed by atoms with Gasteiger partial charge in [-0.3, -0.25) is 4.90 Å². The van der Waals surface area contributed by atoms with Crippen LogP contribution in [-0.2, 0) is 6.54 Å². The fourth-order valence-electron chi connectivity index (χ4n) is 2.28. The number of nitrogens with zero attached hydrogens (tertiary/aromatic N) is 2. The summed E-state index contributed by atoms with van der Waals surface area (Å²) in [6.45, 7) is 8.98. The monoisotopic (exact) mass is 263 g/mol. The minimum Gasteiger partial charge on any atom is -0.492 e. The van der Waals surface area contributed by atoms with Crippen molar-refractivity contribution in [1.82, 2.24) is 9.80 Å². The van der Waals surface area contributed by atoms with Crippen LogP contribution < -0.4 is 10.5 Å². The highest BCUT2D eigenvalue weighted by atomic mass is 16.5. The first-order valence-corrected chi connectivity index (χ1v) is 7.02. The molecule has 106 valence electrons. The Labute approximate surface area is 116 Å². The topological polar surface area (TPSA) is 41.7 Å². The van der Waals surface area contributed by atoms with E-state index in [4.69, 9.17) is 10.5 Å². The van der Waals surface area contributed by atoms with Crippen molar-refractivity contribution in [3.63, 3.8) is 0 Å². The Morgan fingerprint density at radius 2 is 1.95 bits per heavy atom. The van der Waals surface area contributed by atoms with Gasteiger partial charge in [0.05, 0.1) is 0 Å². The molecule has 0 aromatic heterocycles. The van der Waals surface area contributed by atoms with E-state index in [0.717, 1.165) is 50.6 Å². The van der Waals surface area contributed by atoms with Crippen LogP contribution >= 0.6 is 0 Å². The van der Waals surface area contributed by atoms with Crippen LogP contribution in [0.5, 0.6) is 5.75 Å². The maximum Gasteiger partial charge on any atom is 0.122 e. The molecule has 0 radical (unpaired) electrons. The summed E-state index contributed by atoms with van der Waals surface area (Å²) in [6, 6.07) is 6.19. The molecule has 19 heavy (non-hydrogen) atoms. The average Bonchev–Trinajstić information content (AvgIpc) is 2.43. The molecule has 1 heterocycles. The molecule has 0 bridgehead atoms. The van der Waals surface area contributed by atoms with Gasteiger partial charge in [0.2, 0.25) is 0 Å². The first-order valence-electron chi connectivity index (χ1n) is 7.02. The predicted octanol–water partition coefficient (Wildman–Crippen LogP) is 1.08. The SMILES string of the molecule is Cc1ccc(CN)cc1OCCN1CCN(C)CC1. The van der Waals surface area contributed by atoms with Gasteiger partial charge in [-0.15, -0.1) is 0 Å². The molecular weight excluding hydrogens is 238 g/mol. The van der Waals surface area contributed by atoms with Crippen molar-refractivity contribution in [3.05, 3.63) is 29.3 Å². The number of hydrogen-bond donors (Lipinski definition) is 1. The number of aryl methyl sites for hydroxylation is 1. The maximum atomic E-state index is 5.90. The zero-order valence-electron chi connectivity index (χ0n) is 12.1. The number of ether oxygens (including phenoxy) is 1. The minimum absolute atomic E-state index is 0.565. The number of likely N-dealkylation sites (N-methyl/N-ethyl adjacent to an activating group) is 1. The van der Waals surface area contributed by atoms with Crippen molar-refractivity contribution >= 4 is 0 Å². The Kier molecular flexibility index (Phi) is 5.19. The molecule has 2 rings (SSSR count). The zero-order valence-corrected chi connectivity index (χ0v) is 12.1. The first-order chi connectivity index (χ1) is 9.19. The molecule has 0 atom stereocenters. The molecule has 1 saturated heterocycles. The molecule has 0 unspecified atom stereocenters. The van der Waals surface area contributed by atoms with Gasteiger partial charge >= 0.3 is 0 Å². The molecule has 0 amide bonds. The third-order valence-electron chi connectivity index (χ3n) is 3.75. The average molecular weight is 263 g/mol. The normalized spacial score (nSPS) is 17.6. The van der Waals surface area contributed by atoms with Crippen LogP contribution in [0.25, 0.3) is 0 Å². The lowest BCUT2D eigenvalue weighted by molar-refractivity contribution is 0.133. The van der Waals surface area contributed by atoms with Crippen LogP contribution in [0.15, 0.2) is 18.2 Å². The smallest absolute Gasteiger partial charge is 0.122 e. The molecule has 1 fully saturated rings. The lowest BCUT2D eigenvalue weighted by Crippen LogP contribution is -2.45. The summed E-state index contributed by atoms with van der Waals surface area (Å²) in [6.07, 6.45) is 0. The maximum absolute atomic E-state index is 5.90. The van der Waals surface area contributed by atoms with Crippen LogP contribution in [0.3, 0.4) is 0 Å². The number of piperazine rings is 1. The van der Waals surface area contributed by atoms with E-state index in [1.165, 1.54) is 5.56 Å². The highest BCUT2D eigenvalue weighted by molar-refractivity contribution is 5.36. The summed E-state index contributed by atoms with van der Waals surface area (Å²) >= 11 is 0. The van der Waals surface area contributed by atoms with Gasteiger partial charge in [0.25, 0.3) is 0 Å². The molecule has 1 aromatic rings. The van der Waals surface area contributed by atoms with Crippen molar-refractivity contribution in [2.24, 2.45) is 5.73 Å². The first kappa shape index (κ1) is 14.3. The van der Waals surface area contributed by atoms with Gasteiger partial charge in [-0.05, 0) is 31.2 Å². The Morgan fingerprint density at radius 3 is 2.63 bits per heavy atom. The fraction of sp³-hybridized carbons (Fsp3) is 0.600. The largest absolute Gasteiger partial charge is 0.492 e. The highest BCUT2D eigenvalue weighted by Crippen LogP contribution is 2.19. The van der Waals surface area contributed by atoms with Gasteiger partial charge in [-0.25, -0.2) is 0 Å². The molecule has 4 heteroatoms. The molecule has 1 aliphatic heterocycles. The summed E-state index contributed by atoms with van der Waals surface area (Å²) in [7, 11) is 2.18. The second kappa shape index (κ2) is 6.89. The van der Waals surface area contributed by atoms with Gasteiger partial charge in [-0.2, -0.15) is 0 Å². The van der Waals surface area contributed by atoms with Crippen molar-refractivity contribution in [2.75, 3.05) is 46.4 Å². The van der Waals surface area contributed by atoms with Crippen LogP contribution in [-0.4, -0.2) is 56.2 Å². The van der Waals surface area contributed by atoms with E-state index in [-0.39, 0.29) is 0 Å². The molecule has 0 spiro atoms. The summed E-state index contributed by atoms with van der Waals surface area (Å²) in [5, 5.41) is 0. The highest BCUT2D eigenvalue weighted by Gasteiger charge is 2.13. The lowest BCUT2D eigenvalue weighted by atomic mass is 10.1. The summed E-state index contributed by atoms with van der Waals surface area (Å²) in [5.41, 5.74) is 7.96. The van der Waals surface area contributed by atoms with Gasteiger partial charge in [-0.1, -0.05) is 12.1 Å². The molecule has 2 N–H and O–H groups in total. The van der Waals surface area contributed by atoms with E-state index in [1.54, 1.807) is 0 Å². The minimum atomic E-state index is 0.565. The van der Waals surface area contributed by atoms with Gasteiger partial charge in [0, 0.05) is 39.3 Å². The van der Waals surface area contributed by atoms with Crippen LogP contribution in [0.1, 0.15) is 11.1 Å². The summed E-state index contributed by atoms with van der Waals surface area (Å²) in [4.78, 5) is 4.83. The third kappa shape index (κ3) is 4.20. The molecule has 4 nitrogen and oxygen atoms in total. The quantitative estimate of drug-likeness (QED) is 0.863. The van der Waals surface area contributed by atoms with E-state index < -0.39 is 0 Å². The number of nitrogens with two attached hydrogens (primary N) is 1. The second-order valence-corrected chi connectivity index (χ2v) is 5.30. The second-order valence-electron chi connectivity index (χ2n) is 5.30.